The Morgan fingerprint density at radius 2 is 1.68 bits per heavy atom. The number of ether oxygens (including phenoxy) is 3. The number of rotatable bonds is 9. The molecule has 0 radical (unpaired) electrons. The predicted octanol–water partition coefficient (Wildman–Crippen LogP) is 4.86. The highest BCUT2D eigenvalue weighted by molar-refractivity contribution is 6.32. The van der Waals surface area contributed by atoms with Crippen LogP contribution >= 0.6 is 24.0 Å². The van der Waals surface area contributed by atoms with Gasteiger partial charge in [0.05, 0.1) is 25.3 Å². The van der Waals surface area contributed by atoms with Crippen LogP contribution in [0.2, 0.25) is 5.02 Å². The van der Waals surface area contributed by atoms with Gasteiger partial charge in [-0.05, 0) is 37.6 Å². The van der Waals surface area contributed by atoms with Crippen molar-refractivity contribution >= 4 is 24.0 Å². The van der Waals surface area contributed by atoms with Crippen molar-refractivity contribution in [3.05, 3.63) is 52.5 Å². The molecule has 0 saturated heterocycles. The van der Waals surface area contributed by atoms with E-state index in [1.54, 1.807) is 7.11 Å². The third-order valence-corrected chi connectivity index (χ3v) is 3.78. The average Bonchev–Trinajstić information content (AvgIpc) is 2.58. The summed E-state index contributed by atoms with van der Waals surface area (Å²) in [5.74, 6) is 2.17. The first-order chi connectivity index (χ1) is 11.7. The maximum Gasteiger partial charge on any atom is 0.179 e. The summed E-state index contributed by atoms with van der Waals surface area (Å²) >= 11 is 6.34. The van der Waals surface area contributed by atoms with Crippen LogP contribution in [0.5, 0.6) is 17.2 Å². The topological polar surface area (TPSA) is 39.7 Å². The van der Waals surface area contributed by atoms with Gasteiger partial charge in [0.1, 0.15) is 5.75 Å². The number of halogens is 2. The molecule has 25 heavy (non-hydrogen) atoms. The van der Waals surface area contributed by atoms with Crippen LogP contribution in [0.3, 0.4) is 0 Å². The molecule has 0 heterocycles. The van der Waals surface area contributed by atoms with Gasteiger partial charge in [0.25, 0.3) is 0 Å². The smallest absolute Gasteiger partial charge is 0.179 e. The van der Waals surface area contributed by atoms with Gasteiger partial charge in [-0.15, -0.1) is 12.4 Å². The van der Waals surface area contributed by atoms with Crippen molar-refractivity contribution in [3.63, 3.8) is 0 Å². The highest BCUT2D eigenvalue weighted by Crippen LogP contribution is 2.36. The average molecular weight is 386 g/mol. The van der Waals surface area contributed by atoms with Crippen LogP contribution < -0.4 is 19.5 Å². The van der Waals surface area contributed by atoms with Gasteiger partial charge >= 0.3 is 0 Å². The van der Waals surface area contributed by atoms with E-state index < -0.39 is 0 Å². The van der Waals surface area contributed by atoms with Crippen molar-refractivity contribution < 1.29 is 14.2 Å². The third kappa shape index (κ3) is 5.99. The second kappa shape index (κ2) is 11.1. The van der Waals surface area contributed by atoms with E-state index in [1.165, 1.54) is 0 Å². The van der Waals surface area contributed by atoms with Crippen LogP contribution in [-0.4, -0.2) is 20.3 Å². The quantitative estimate of drug-likeness (QED) is 0.668. The van der Waals surface area contributed by atoms with E-state index in [0.717, 1.165) is 16.9 Å². The molecule has 0 spiro atoms. The van der Waals surface area contributed by atoms with Gasteiger partial charge in [-0.1, -0.05) is 29.8 Å². The van der Waals surface area contributed by atoms with E-state index in [2.05, 4.69) is 5.32 Å². The summed E-state index contributed by atoms with van der Waals surface area (Å²) in [7, 11) is 1.68. The van der Waals surface area contributed by atoms with E-state index >= 15 is 0 Å². The standard InChI is InChI=1S/C19H24ClNO3.ClH/c1-4-23-18-11-14(10-16(20)19(18)24-5-2)12-21-13-15-8-6-7-9-17(15)22-3;/h6-11,21H,4-5,12-13H2,1-3H3;1H. The summed E-state index contributed by atoms with van der Waals surface area (Å²) in [6.07, 6.45) is 0. The second-order valence-corrected chi connectivity index (χ2v) is 5.59. The van der Waals surface area contributed by atoms with Crippen LogP contribution in [0.15, 0.2) is 36.4 Å². The highest BCUT2D eigenvalue weighted by atomic mass is 35.5. The Morgan fingerprint density at radius 1 is 0.960 bits per heavy atom. The molecule has 1 N–H and O–H groups in total. The van der Waals surface area contributed by atoms with E-state index in [1.807, 2.05) is 50.2 Å². The fourth-order valence-corrected chi connectivity index (χ4v) is 2.75. The normalized spacial score (nSPS) is 10.1. The van der Waals surface area contributed by atoms with Crippen molar-refractivity contribution in [2.24, 2.45) is 0 Å². The summed E-state index contributed by atoms with van der Waals surface area (Å²) < 4.78 is 16.6. The first-order valence-electron chi connectivity index (χ1n) is 8.10. The first-order valence-corrected chi connectivity index (χ1v) is 8.48. The van der Waals surface area contributed by atoms with Gasteiger partial charge in [0.15, 0.2) is 11.5 Å². The van der Waals surface area contributed by atoms with Gasteiger partial charge in [0.2, 0.25) is 0 Å². The minimum absolute atomic E-state index is 0. The van der Waals surface area contributed by atoms with Gasteiger partial charge in [0, 0.05) is 18.7 Å². The molecule has 6 heteroatoms. The van der Waals surface area contributed by atoms with Crippen LogP contribution in [-0.2, 0) is 13.1 Å². The van der Waals surface area contributed by atoms with Crippen molar-refractivity contribution in [2.45, 2.75) is 26.9 Å². The Balaban J connectivity index is 0.00000312. The van der Waals surface area contributed by atoms with Crippen molar-refractivity contribution in [2.75, 3.05) is 20.3 Å². The van der Waals surface area contributed by atoms with Crippen LogP contribution in [0.1, 0.15) is 25.0 Å². The van der Waals surface area contributed by atoms with Crippen molar-refractivity contribution in [1.82, 2.24) is 5.32 Å². The molecule has 0 aromatic heterocycles. The van der Waals surface area contributed by atoms with Crippen LogP contribution in [0.4, 0.5) is 0 Å². The maximum atomic E-state index is 6.34. The molecule has 0 unspecified atom stereocenters. The molecular weight excluding hydrogens is 361 g/mol. The Labute approximate surface area is 160 Å². The van der Waals surface area contributed by atoms with E-state index in [0.29, 0.717) is 42.8 Å². The molecule has 0 fully saturated rings. The molecule has 0 aliphatic heterocycles. The first kappa shape index (κ1) is 21.4. The number of methoxy groups -OCH3 is 1. The molecule has 0 saturated carbocycles. The summed E-state index contributed by atoms with van der Waals surface area (Å²) in [5, 5.41) is 3.97. The molecule has 2 aromatic carbocycles. The molecule has 4 nitrogen and oxygen atoms in total. The summed E-state index contributed by atoms with van der Waals surface area (Å²) in [6.45, 7) is 6.35. The Kier molecular flexibility index (Phi) is 9.50. The molecular formula is C19H25Cl2NO3. The number of hydrogen-bond acceptors (Lipinski definition) is 4. The Bertz CT molecular complexity index is 665. The third-order valence-electron chi connectivity index (χ3n) is 3.49. The lowest BCUT2D eigenvalue weighted by Crippen LogP contribution is -2.13. The van der Waals surface area contributed by atoms with E-state index in [9.17, 15) is 0 Å². The van der Waals surface area contributed by atoms with E-state index in [4.69, 9.17) is 25.8 Å². The summed E-state index contributed by atoms with van der Waals surface area (Å²) in [6, 6.07) is 11.8. The second-order valence-electron chi connectivity index (χ2n) is 5.19. The summed E-state index contributed by atoms with van der Waals surface area (Å²) in [4.78, 5) is 0. The molecule has 138 valence electrons. The van der Waals surface area contributed by atoms with Gasteiger partial charge in [-0.2, -0.15) is 0 Å². The Morgan fingerprint density at radius 3 is 2.36 bits per heavy atom. The molecule has 0 bridgehead atoms. The molecule has 0 amide bonds. The lowest BCUT2D eigenvalue weighted by molar-refractivity contribution is 0.287. The maximum absolute atomic E-state index is 6.34. The molecule has 2 rings (SSSR count). The fourth-order valence-electron chi connectivity index (χ4n) is 2.46. The van der Waals surface area contributed by atoms with Gasteiger partial charge < -0.3 is 19.5 Å². The highest BCUT2D eigenvalue weighted by Gasteiger charge is 2.12. The monoisotopic (exact) mass is 385 g/mol. The van der Waals surface area contributed by atoms with E-state index in [-0.39, 0.29) is 12.4 Å². The van der Waals surface area contributed by atoms with Crippen LogP contribution in [0.25, 0.3) is 0 Å². The minimum atomic E-state index is 0. The summed E-state index contributed by atoms with van der Waals surface area (Å²) in [5.41, 5.74) is 2.16. The van der Waals surface area contributed by atoms with Crippen LogP contribution in [0, 0.1) is 0 Å². The number of para-hydroxylation sites is 1. The molecule has 0 aliphatic carbocycles. The van der Waals surface area contributed by atoms with Gasteiger partial charge in [-0.25, -0.2) is 0 Å². The number of benzene rings is 2. The minimum Gasteiger partial charge on any atom is -0.496 e. The van der Waals surface area contributed by atoms with Crippen molar-refractivity contribution in [3.8, 4) is 17.2 Å². The molecule has 0 atom stereocenters. The zero-order chi connectivity index (χ0) is 17.4. The Hall–Kier alpha value is -1.62. The lowest BCUT2D eigenvalue weighted by atomic mass is 10.1. The SMILES string of the molecule is CCOc1cc(CNCc2ccccc2OC)cc(Cl)c1OCC.Cl. The zero-order valence-electron chi connectivity index (χ0n) is 14.8. The number of nitrogens with one attached hydrogen (secondary N) is 1. The molecule has 0 aliphatic rings. The fraction of sp³-hybridized carbons (Fsp3) is 0.368. The predicted molar refractivity (Wildman–Crippen MR) is 105 cm³/mol. The molecule has 2 aromatic rings. The largest absolute Gasteiger partial charge is 0.496 e. The van der Waals surface area contributed by atoms with Crippen molar-refractivity contribution in [1.29, 1.82) is 0 Å². The zero-order valence-corrected chi connectivity index (χ0v) is 16.4. The lowest BCUT2D eigenvalue weighted by Gasteiger charge is -2.15. The number of hydrogen-bond donors (Lipinski definition) is 1. The van der Waals surface area contributed by atoms with Gasteiger partial charge in [-0.3, -0.25) is 0 Å².